The highest BCUT2D eigenvalue weighted by molar-refractivity contribution is 6.31. The standard InChI is InChI=1S/C25H29ClFN5O5/c1-36-10-11-37-22-14-20-17(25(29-15-28-20)30-16-8-9-19(27)18(26)12-16)13-21(22)31-23(33)6-4-2-3-5-7-24(34)32-35/h8-9,12-15,35H,2-7,10-11H2,1H3,(H,31,33)(H,32,34)(H,28,29,30). The summed E-state index contributed by atoms with van der Waals surface area (Å²) in [6.45, 7) is 0.637. The molecule has 3 aromatic rings. The van der Waals surface area contributed by atoms with Gasteiger partial charge in [0, 0.05) is 37.1 Å². The number of ether oxygens (including phenoxy) is 2. The van der Waals surface area contributed by atoms with Crippen LogP contribution in [0.4, 0.5) is 21.6 Å². The van der Waals surface area contributed by atoms with E-state index in [1.807, 2.05) is 0 Å². The van der Waals surface area contributed by atoms with Crippen LogP contribution >= 0.6 is 11.6 Å². The van der Waals surface area contributed by atoms with Crippen molar-refractivity contribution in [2.24, 2.45) is 0 Å². The van der Waals surface area contributed by atoms with E-state index in [0.717, 1.165) is 12.8 Å². The molecule has 0 fully saturated rings. The third-order valence-electron chi connectivity index (χ3n) is 5.42. The van der Waals surface area contributed by atoms with Crippen LogP contribution in [0.25, 0.3) is 10.9 Å². The molecule has 37 heavy (non-hydrogen) atoms. The minimum Gasteiger partial charge on any atom is -0.489 e. The number of carbonyl (C=O) groups is 2. The van der Waals surface area contributed by atoms with E-state index >= 15 is 0 Å². The van der Waals surface area contributed by atoms with E-state index in [0.29, 0.717) is 53.3 Å². The van der Waals surface area contributed by atoms with E-state index in [9.17, 15) is 14.0 Å². The zero-order valence-electron chi connectivity index (χ0n) is 20.4. The van der Waals surface area contributed by atoms with Gasteiger partial charge in [0.1, 0.15) is 30.3 Å². The minimum atomic E-state index is -0.529. The van der Waals surface area contributed by atoms with Crippen LogP contribution in [0.2, 0.25) is 5.02 Å². The molecule has 4 N–H and O–H groups in total. The summed E-state index contributed by atoms with van der Waals surface area (Å²) in [7, 11) is 1.57. The van der Waals surface area contributed by atoms with Crippen molar-refractivity contribution >= 4 is 51.5 Å². The van der Waals surface area contributed by atoms with Crippen LogP contribution in [-0.2, 0) is 14.3 Å². The number of anilines is 3. The number of unbranched alkanes of at least 4 members (excludes halogenated alkanes) is 3. The van der Waals surface area contributed by atoms with Gasteiger partial charge >= 0.3 is 0 Å². The minimum absolute atomic E-state index is 0.0261. The number of nitrogens with one attached hydrogen (secondary N) is 3. The van der Waals surface area contributed by atoms with Crippen molar-refractivity contribution in [3.8, 4) is 5.75 Å². The molecule has 0 spiro atoms. The molecule has 2 amide bonds. The summed E-state index contributed by atoms with van der Waals surface area (Å²) >= 11 is 5.90. The number of hydrogen-bond donors (Lipinski definition) is 4. The third-order valence-corrected chi connectivity index (χ3v) is 5.71. The quantitative estimate of drug-likeness (QED) is 0.129. The monoisotopic (exact) mass is 533 g/mol. The number of hydroxylamine groups is 1. The SMILES string of the molecule is COCCOc1cc2ncnc(Nc3ccc(F)c(Cl)c3)c2cc1NC(=O)CCCCCCC(=O)NO. The van der Waals surface area contributed by atoms with Gasteiger partial charge in [-0.05, 0) is 37.1 Å². The number of nitrogens with zero attached hydrogens (tertiary/aromatic N) is 2. The molecule has 10 nitrogen and oxygen atoms in total. The predicted molar refractivity (Wildman–Crippen MR) is 138 cm³/mol. The normalized spacial score (nSPS) is 10.8. The number of methoxy groups -OCH3 is 1. The average molecular weight is 534 g/mol. The highest BCUT2D eigenvalue weighted by Crippen LogP contribution is 2.34. The highest BCUT2D eigenvalue weighted by atomic mass is 35.5. The van der Waals surface area contributed by atoms with Gasteiger partial charge in [0.05, 0.1) is 22.8 Å². The van der Waals surface area contributed by atoms with Crippen molar-refractivity contribution in [3.63, 3.8) is 0 Å². The summed E-state index contributed by atoms with van der Waals surface area (Å²) in [6, 6.07) is 7.67. The molecule has 0 atom stereocenters. The second-order valence-corrected chi connectivity index (χ2v) is 8.59. The lowest BCUT2D eigenvalue weighted by molar-refractivity contribution is -0.129. The fourth-order valence-electron chi connectivity index (χ4n) is 3.54. The lowest BCUT2D eigenvalue weighted by atomic mass is 10.1. The van der Waals surface area contributed by atoms with Gasteiger partial charge < -0.3 is 20.1 Å². The molecule has 3 rings (SSSR count). The van der Waals surface area contributed by atoms with Gasteiger partial charge in [-0.3, -0.25) is 14.8 Å². The van der Waals surface area contributed by atoms with Crippen LogP contribution in [0.3, 0.4) is 0 Å². The molecule has 0 saturated carbocycles. The fraction of sp³-hybridized carbons (Fsp3) is 0.360. The number of benzene rings is 2. The molecule has 0 aliphatic carbocycles. The number of amides is 2. The van der Waals surface area contributed by atoms with E-state index in [-0.39, 0.29) is 30.4 Å². The maximum absolute atomic E-state index is 13.6. The molecule has 0 aliphatic rings. The van der Waals surface area contributed by atoms with E-state index in [2.05, 4.69) is 20.6 Å². The maximum Gasteiger partial charge on any atom is 0.243 e. The van der Waals surface area contributed by atoms with Gasteiger partial charge in [0.25, 0.3) is 0 Å². The first-order valence-electron chi connectivity index (χ1n) is 11.8. The molecule has 12 heteroatoms. The topological polar surface area (TPSA) is 135 Å². The van der Waals surface area contributed by atoms with E-state index in [4.69, 9.17) is 26.3 Å². The number of aromatic nitrogens is 2. The van der Waals surface area contributed by atoms with Crippen molar-refractivity contribution in [2.45, 2.75) is 38.5 Å². The first-order chi connectivity index (χ1) is 17.9. The zero-order chi connectivity index (χ0) is 26.6. The van der Waals surface area contributed by atoms with Crippen molar-refractivity contribution in [3.05, 3.63) is 47.5 Å². The highest BCUT2D eigenvalue weighted by Gasteiger charge is 2.14. The molecule has 0 bridgehead atoms. The first kappa shape index (κ1) is 28.0. The van der Waals surface area contributed by atoms with Crippen LogP contribution in [0, 0.1) is 5.82 Å². The largest absolute Gasteiger partial charge is 0.489 e. The van der Waals surface area contributed by atoms with Gasteiger partial charge in [0.2, 0.25) is 11.8 Å². The lowest BCUT2D eigenvalue weighted by Gasteiger charge is -2.15. The number of halogens is 2. The Hall–Kier alpha value is -3.54. The Morgan fingerprint density at radius 1 is 1.03 bits per heavy atom. The Bertz CT molecular complexity index is 1230. The number of rotatable bonds is 14. The summed E-state index contributed by atoms with van der Waals surface area (Å²) in [5.74, 6) is -0.268. The molecule has 0 saturated heterocycles. The van der Waals surface area contributed by atoms with Crippen LogP contribution < -0.4 is 20.9 Å². The Morgan fingerprint density at radius 2 is 1.78 bits per heavy atom. The smallest absolute Gasteiger partial charge is 0.243 e. The van der Waals surface area contributed by atoms with Gasteiger partial charge in [0.15, 0.2) is 0 Å². The molecular weight excluding hydrogens is 505 g/mol. The molecule has 1 aromatic heterocycles. The van der Waals surface area contributed by atoms with Crippen molar-refractivity contribution < 1.29 is 28.7 Å². The van der Waals surface area contributed by atoms with Gasteiger partial charge in [-0.1, -0.05) is 24.4 Å². The van der Waals surface area contributed by atoms with Crippen LogP contribution in [0.1, 0.15) is 38.5 Å². The summed E-state index contributed by atoms with van der Waals surface area (Å²) in [4.78, 5) is 32.3. The summed E-state index contributed by atoms with van der Waals surface area (Å²) in [5.41, 5.74) is 3.16. The fourth-order valence-corrected chi connectivity index (χ4v) is 3.72. The molecular formula is C25H29ClFN5O5. The Kier molecular flexibility index (Phi) is 10.8. The van der Waals surface area contributed by atoms with Gasteiger partial charge in [-0.25, -0.2) is 19.8 Å². The zero-order valence-corrected chi connectivity index (χ0v) is 21.1. The third kappa shape index (κ3) is 8.52. The first-order valence-corrected chi connectivity index (χ1v) is 12.1. The molecule has 0 unspecified atom stereocenters. The second kappa shape index (κ2) is 14.3. The van der Waals surface area contributed by atoms with Crippen molar-refractivity contribution in [2.75, 3.05) is 31.0 Å². The van der Waals surface area contributed by atoms with E-state index in [1.165, 1.54) is 24.5 Å². The number of fused-ring (bicyclic) bond motifs is 1. The Labute approximate surface area is 218 Å². The van der Waals surface area contributed by atoms with Gasteiger partial charge in [-0.2, -0.15) is 0 Å². The predicted octanol–water partition coefficient (Wildman–Crippen LogP) is 4.98. The van der Waals surface area contributed by atoms with Gasteiger partial charge in [-0.15, -0.1) is 0 Å². The van der Waals surface area contributed by atoms with Crippen molar-refractivity contribution in [1.82, 2.24) is 15.4 Å². The summed E-state index contributed by atoms with van der Waals surface area (Å²) in [6.07, 6.45) is 4.71. The second-order valence-electron chi connectivity index (χ2n) is 8.18. The molecule has 1 heterocycles. The molecule has 0 radical (unpaired) electrons. The number of carbonyl (C=O) groups excluding carboxylic acids is 2. The number of hydrogen-bond acceptors (Lipinski definition) is 8. The molecule has 0 aliphatic heterocycles. The van der Waals surface area contributed by atoms with Crippen LogP contribution in [-0.4, -0.2) is 47.3 Å². The van der Waals surface area contributed by atoms with E-state index in [1.54, 1.807) is 24.7 Å². The molecule has 198 valence electrons. The summed E-state index contributed by atoms with van der Waals surface area (Å²) < 4.78 is 24.4. The average Bonchev–Trinajstić information content (AvgIpc) is 2.88. The van der Waals surface area contributed by atoms with E-state index < -0.39 is 11.7 Å². The molecule has 2 aromatic carbocycles. The maximum atomic E-state index is 13.6. The Balaban J connectivity index is 1.75. The summed E-state index contributed by atoms with van der Waals surface area (Å²) in [5, 5.41) is 15.1. The van der Waals surface area contributed by atoms with Crippen LogP contribution in [0.15, 0.2) is 36.7 Å². The lowest BCUT2D eigenvalue weighted by Crippen LogP contribution is -2.17. The van der Waals surface area contributed by atoms with Crippen molar-refractivity contribution in [1.29, 1.82) is 0 Å². The Morgan fingerprint density at radius 3 is 2.49 bits per heavy atom. The van der Waals surface area contributed by atoms with Crippen LogP contribution in [0.5, 0.6) is 5.75 Å².